The molecule has 1 unspecified atom stereocenters. The van der Waals surface area contributed by atoms with Gasteiger partial charge in [0.25, 0.3) is 0 Å². The summed E-state index contributed by atoms with van der Waals surface area (Å²) < 4.78 is 2.30. The van der Waals surface area contributed by atoms with Gasteiger partial charge in [-0.15, -0.1) is 23.7 Å². The molecule has 1 fully saturated rings. The molecule has 0 spiro atoms. The number of amides is 1. The van der Waals surface area contributed by atoms with Crippen LogP contribution in [0.25, 0.3) is 10.9 Å². The van der Waals surface area contributed by atoms with Crippen LogP contribution in [0.3, 0.4) is 0 Å². The number of likely N-dealkylation sites (tertiary alicyclic amines) is 1. The lowest BCUT2D eigenvalue weighted by Crippen LogP contribution is -2.34. The van der Waals surface area contributed by atoms with E-state index in [0.29, 0.717) is 13.0 Å². The molecule has 2 aromatic carbocycles. The maximum atomic E-state index is 13.0. The van der Waals surface area contributed by atoms with Gasteiger partial charge in [0.2, 0.25) is 5.91 Å². The first kappa shape index (κ1) is 24.5. The van der Waals surface area contributed by atoms with E-state index in [0.717, 1.165) is 31.9 Å². The molecule has 1 atom stereocenters. The van der Waals surface area contributed by atoms with Gasteiger partial charge in [-0.2, -0.15) is 0 Å². The van der Waals surface area contributed by atoms with Crippen LogP contribution in [0.5, 0.6) is 0 Å². The summed E-state index contributed by atoms with van der Waals surface area (Å²) >= 11 is 1.58. The van der Waals surface area contributed by atoms with Crippen LogP contribution >= 0.6 is 23.7 Å². The van der Waals surface area contributed by atoms with E-state index in [9.17, 15) is 4.79 Å². The van der Waals surface area contributed by atoms with Crippen molar-refractivity contribution < 1.29 is 4.79 Å². The molecule has 4 aromatic rings. The molecule has 5 nitrogen and oxygen atoms in total. The monoisotopic (exact) mass is 494 g/mol. The molecule has 0 radical (unpaired) electrons. The summed E-state index contributed by atoms with van der Waals surface area (Å²) in [4.78, 5) is 20.0. The van der Waals surface area contributed by atoms with Gasteiger partial charge < -0.3 is 14.8 Å². The summed E-state index contributed by atoms with van der Waals surface area (Å²) in [5.41, 5.74) is 6.44. The lowest BCUT2D eigenvalue weighted by atomic mass is 9.92. The Morgan fingerprint density at radius 1 is 1.06 bits per heavy atom. The topological polar surface area (TPSA) is 50.2 Å². The number of fused-ring (bicyclic) bond motifs is 1. The zero-order valence-corrected chi connectivity index (χ0v) is 20.9. The number of para-hydroxylation sites is 1. The van der Waals surface area contributed by atoms with E-state index in [1.807, 2.05) is 11.6 Å². The molecule has 7 heteroatoms. The van der Waals surface area contributed by atoms with Crippen molar-refractivity contribution >= 4 is 40.6 Å². The number of thiazole rings is 1. The van der Waals surface area contributed by atoms with Crippen molar-refractivity contribution in [3.63, 3.8) is 0 Å². The zero-order chi connectivity index (χ0) is 22.5. The van der Waals surface area contributed by atoms with Crippen LogP contribution in [0.1, 0.15) is 42.0 Å². The Morgan fingerprint density at radius 3 is 2.59 bits per heavy atom. The number of carbonyl (C=O) groups is 1. The molecule has 0 aliphatic carbocycles. The van der Waals surface area contributed by atoms with Crippen LogP contribution in [0.4, 0.5) is 0 Å². The van der Waals surface area contributed by atoms with Crippen LogP contribution in [0.2, 0.25) is 0 Å². The van der Waals surface area contributed by atoms with Gasteiger partial charge in [0, 0.05) is 54.5 Å². The van der Waals surface area contributed by atoms with Gasteiger partial charge in [0.05, 0.1) is 11.2 Å². The van der Waals surface area contributed by atoms with Crippen LogP contribution in [0, 0.1) is 0 Å². The van der Waals surface area contributed by atoms with Crippen molar-refractivity contribution in [2.45, 2.75) is 31.7 Å². The molecule has 1 aliphatic heterocycles. The molecule has 1 saturated heterocycles. The normalized spacial score (nSPS) is 14.7. The molecule has 2 aromatic heterocycles. The Morgan fingerprint density at radius 2 is 1.82 bits per heavy atom. The van der Waals surface area contributed by atoms with Gasteiger partial charge in [-0.25, -0.2) is 4.98 Å². The summed E-state index contributed by atoms with van der Waals surface area (Å²) in [6.07, 6.45) is 5.17. The molecular weight excluding hydrogens is 464 g/mol. The second-order valence-corrected chi connectivity index (χ2v) is 9.50. The summed E-state index contributed by atoms with van der Waals surface area (Å²) in [5, 5.41) is 6.42. The zero-order valence-electron chi connectivity index (χ0n) is 19.2. The average molecular weight is 495 g/mol. The fourth-order valence-corrected chi connectivity index (χ4v) is 5.46. The number of hydrogen-bond acceptors (Lipinski definition) is 4. The number of hydrogen-bond donors (Lipinski definition) is 1. The number of aromatic nitrogens is 2. The fraction of sp³-hybridized carbons (Fsp3) is 0.333. The Labute approximate surface area is 211 Å². The molecule has 0 saturated carbocycles. The van der Waals surface area contributed by atoms with Gasteiger partial charge in [-0.05, 0) is 43.1 Å². The highest BCUT2D eigenvalue weighted by Gasteiger charge is 2.24. The highest BCUT2D eigenvalue weighted by atomic mass is 35.5. The van der Waals surface area contributed by atoms with Crippen molar-refractivity contribution in [2.75, 3.05) is 26.2 Å². The molecule has 34 heavy (non-hydrogen) atoms. The van der Waals surface area contributed by atoms with Crippen molar-refractivity contribution in [2.24, 2.45) is 0 Å². The smallest absolute Gasteiger partial charge is 0.221 e. The third kappa shape index (κ3) is 5.69. The van der Waals surface area contributed by atoms with Crippen molar-refractivity contribution in [3.05, 3.63) is 88.5 Å². The fourth-order valence-electron chi connectivity index (χ4n) is 4.85. The molecule has 0 bridgehead atoms. The predicted octanol–water partition coefficient (Wildman–Crippen LogP) is 5.30. The van der Waals surface area contributed by atoms with Crippen LogP contribution in [-0.4, -0.2) is 46.5 Å². The van der Waals surface area contributed by atoms with E-state index < -0.39 is 0 Å². The summed E-state index contributed by atoms with van der Waals surface area (Å²) in [5.74, 6) is 0.0250. The SMILES string of the molecule is Cl.O=C(CC(c1cscn1)c1cn(Cc2ccccc2)c2ccccc12)NCCN1CCCC1. The van der Waals surface area contributed by atoms with Crippen LogP contribution < -0.4 is 5.32 Å². The van der Waals surface area contributed by atoms with E-state index >= 15 is 0 Å². The molecular formula is C27H31ClN4OS. The predicted molar refractivity (Wildman–Crippen MR) is 142 cm³/mol. The summed E-state index contributed by atoms with van der Waals surface area (Å²) in [6, 6.07) is 19.0. The summed E-state index contributed by atoms with van der Waals surface area (Å²) in [7, 11) is 0. The second-order valence-electron chi connectivity index (χ2n) is 8.78. The van der Waals surface area contributed by atoms with Crippen molar-refractivity contribution in [3.8, 4) is 0 Å². The Kier molecular flexibility index (Phi) is 8.38. The first-order valence-corrected chi connectivity index (χ1v) is 12.7. The molecule has 1 aliphatic rings. The van der Waals surface area contributed by atoms with E-state index in [-0.39, 0.29) is 24.2 Å². The van der Waals surface area contributed by atoms with E-state index in [1.165, 1.54) is 34.9 Å². The average Bonchev–Trinajstić information content (AvgIpc) is 3.61. The molecule has 5 rings (SSSR count). The third-order valence-electron chi connectivity index (χ3n) is 6.54. The van der Waals surface area contributed by atoms with Gasteiger partial charge >= 0.3 is 0 Å². The molecule has 1 N–H and O–H groups in total. The largest absolute Gasteiger partial charge is 0.355 e. The quantitative estimate of drug-likeness (QED) is 0.343. The van der Waals surface area contributed by atoms with Crippen LogP contribution in [0.15, 0.2) is 71.7 Å². The maximum Gasteiger partial charge on any atom is 0.221 e. The number of nitrogens with one attached hydrogen (secondary N) is 1. The minimum Gasteiger partial charge on any atom is -0.355 e. The highest BCUT2D eigenvalue weighted by Crippen LogP contribution is 2.35. The lowest BCUT2D eigenvalue weighted by molar-refractivity contribution is -0.121. The van der Waals surface area contributed by atoms with E-state index in [1.54, 1.807) is 11.3 Å². The van der Waals surface area contributed by atoms with Crippen LogP contribution in [-0.2, 0) is 11.3 Å². The maximum absolute atomic E-state index is 13.0. The van der Waals surface area contributed by atoms with Gasteiger partial charge in [-0.1, -0.05) is 48.5 Å². The number of carbonyl (C=O) groups excluding carboxylic acids is 1. The van der Waals surface area contributed by atoms with Gasteiger partial charge in [0.1, 0.15) is 0 Å². The number of rotatable bonds is 9. The first-order valence-electron chi connectivity index (χ1n) is 11.8. The number of benzene rings is 2. The highest BCUT2D eigenvalue weighted by molar-refractivity contribution is 7.07. The van der Waals surface area contributed by atoms with Crippen molar-refractivity contribution in [1.29, 1.82) is 0 Å². The lowest BCUT2D eigenvalue weighted by Gasteiger charge is -2.17. The van der Waals surface area contributed by atoms with Gasteiger partial charge in [0.15, 0.2) is 0 Å². The number of nitrogens with zero attached hydrogens (tertiary/aromatic N) is 3. The molecule has 178 valence electrons. The Hall–Kier alpha value is -2.67. The van der Waals surface area contributed by atoms with E-state index in [2.05, 4.69) is 79.9 Å². The third-order valence-corrected chi connectivity index (χ3v) is 7.14. The second kappa shape index (κ2) is 11.6. The minimum atomic E-state index is -0.0649. The van der Waals surface area contributed by atoms with Gasteiger partial charge in [-0.3, -0.25) is 4.79 Å². The summed E-state index contributed by atoms with van der Waals surface area (Å²) in [6.45, 7) is 4.74. The van der Waals surface area contributed by atoms with Crippen molar-refractivity contribution in [1.82, 2.24) is 19.8 Å². The Balaban J connectivity index is 0.00000274. The van der Waals surface area contributed by atoms with E-state index in [4.69, 9.17) is 0 Å². The minimum absolute atomic E-state index is 0. The molecule has 1 amide bonds. The molecule has 3 heterocycles. The Bertz CT molecular complexity index is 1190. The first-order chi connectivity index (χ1) is 16.3. The standard InChI is InChI=1S/C27H30N4OS.ClH/c32-27(28-12-15-30-13-6-7-14-30)16-23(25-19-33-20-29-25)24-18-31(17-21-8-2-1-3-9-21)26-11-5-4-10-22(24)26;/h1-5,8-11,18-20,23H,6-7,12-17H2,(H,28,32);1H. The number of halogens is 1.